The van der Waals surface area contributed by atoms with Crippen molar-refractivity contribution in [3.8, 4) is 0 Å². The zero-order valence-electron chi connectivity index (χ0n) is 14.8. The van der Waals surface area contributed by atoms with E-state index in [9.17, 15) is 26.4 Å². The first-order chi connectivity index (χ1) is 12.8. The van der Waals surface area contributed by atoms with Gasteiger partial charge < -0.3 is 10.2 Å². The molecule has 2 aromatic rings. The third-order valence-corrected chi connectivity index (χ3v) is 4.89. The maximum Gasteiger partial charge on any atom is 0.307 e. The summed E-state index contributed by atoms with van der Waals surface area (Å²) in [5.74, 6) is -1.99. The summed E-state index contributed by atoms with van der Waals surface area (Å²) in [6, 6.07) is 10.0. The molecule has 154 valence electrons. The van der Waals surface area contributed by atoms with Gasteiger partial charge in [0.05, 0.1) is 22.6 Å². The third-order valence-electron chi connectivity index (χ3n) is 3.15. The standard InChI is InChI=1S/2C8H8O5S.Ba/c2*9-8(10)5-6-1-3-7(4-2-6)14(11,12)13;/h2*1-4H,5H2,(H,9,10)(H,11,12,13);. The predicted molar refractivity (Wildman–Crippen MR) is 101 cm³/mol. The molecule has 13 heteroatoms. The van der Waals surface area contributed by atoms with Crippen molar-refractivity contribution in [2.45, 2.75) is 22.6 Å². The van der Waals surface area contributed by atoms with Crippen molar-refractivity contribution in [3.05, 3.63) is 59.7 Å². The minimum absolute atomic E-state index is 0. The van der Waals surface area contributed by atoms with Gasteiger partial charge in [-0.05, 0) is 35.4 Å². The molecule has 10 nitrogen and oxygen atoms in total. The van der Waals surface area contributed by atoms with Crippen molar-refractivity contribution in [3.63, 3.8) is 0 Å². The van der Waals surface area contributed by atoms with Gasteiger partial charge in [-0.15, -0.1) is 0 Å². The Kier molecular flexibility index (Phi) is 11.3. The van der Waals surface area contributed by atoms with Crippen LogP contribution in [0.1, 0.15) is 11.1 Å². The van der Waals surface area contributed by atoms with Gasteiger partial charge in [-0.25, -0.2) is 0 Å². The van der Waals surface area contributed by atoms with Crippen LogP contribution in [0, 0.1) is 0 Å². The Labute approximate surface area is 207 Å². The van der Waals surface area contributed by atoms with Gasteiger partial charge in [0.15, 0.2) is 0 Å². The molecule has 0 spiro atoms. The molecule has 0 amide bonds. The van der Waals surface area contributed by atoms with E-state index in [1.165, 1.54) is 24.3 Å². The van der Waals surface area contributed by atoms with E-state index in [4.69, 9.17) is 19.3 Å². The van der Waals surface area contributed by atoms with Gasteiger partial charge in [-0.2, -0.15) is 16.8 Å². The zero-order valence-corrected chi connectivity index (χ0v) is 20.9. The molecule has 0 heterocycles. The topological polar surface area (TPSA) is 183 Å². The molecule has 0 aromatic heterocycles. The van der Waals surface area contributed by atoms with Crippen molar-refractivity contribution in [1.29, 1.82) is 0 Å². The fraction of sp³-hybridized carbons (Fsp3) is 0.125. The van der Waals surface area contributed by atoms with E-state index in [1.54, 1.807) is 0 Å². The molecule has 0 aliphatic heterocycles. The summed E-state index contributed by atoms with van der Waals surface area (Å²) in [4.78, 5) is 20.1. The molecule has 0 fully saturated rings. The molecule has 0 atom stereocenters. The average molecular weight is 570 g/mol. The van der Waals surface area contributed by atoms with Gasteiger partial charge in [-0.3, -0.25) is 18.7 Å². The van der Waals surface area contributed by atoms with Crippen molar-refractivity contribution >= 4 is 81.1 Å². The molecule has 2 aromatic carbocycles. The summed E-state index contributed by atoms with van der Waals surface area (Å²) in [6.45, 7) is 0. The van der Waals surface area contributed by atoms with Gasteiger partial charge in [0.2, 0.25) is 0 Å². The van der Waals surface area contributed by atoms with Crippen molar-refractivity contribution in [2.24, 2.45) is 0 Å². The van der Waals surface area contributed by atoms with E-state index in [-0.39, 0.29) is 71.5 Å². The Morgan fingerprint density at radius 3 is 1.03 bits per heavy atom. The summed E-state index contributed by atoms with van der Waals surface area (Å²) in [6.07, 6.45) is -0.350. The first-order valence-corrected chi connectivity index (χ1v) is 10.2. The summed E-state index contributed by atoms with van der Waals surface area (Å²) >= 11 is 0. The average Bonchev–Trinajstić information content (AvgIpc) is 2.53. The maximum atomic E-state index is 10.6. The SMILES string of the molecule is O=C(O)Cc1ccc(S(=O)(=O)O)cc1.O=C(O)Cc1ccc(S(=O)(=O)O)cc1.[Ba]. The summed E-state index contributed by atoms with van der Waals surface area (Å²) in [5, 5.41) is 16.9. The number of aliphatic carboxylic acids is 2. The van der Waals surface area contributed by atoms with Crippen LogP contribution in [0.15, 0.2) is 58.3 Å². The second kappa shape index (κ2) is 11.8. The molecule has 0 aliphatic carbocycles. The number of benzene rings is 2. The molecule has 0 unspecified atom stereocenters. The first-order valence-electron chi connectivity index (χ1n) is 7.35. The van der Waals surface area contributed by atoms with Crippen LogP contribution in [0.2, 0.25) is 0 Å². The molecule has 0 saturated carbocycles. The summed E-state index contributed by atoms with van der Waals surface area (Å²) in [7, 11) is -8.39. The number of rotatable bonds is 6. The Balaban J connectivity index is 0.000000523. The van der Waals surface area contributed by atoms with E-state index in [1.807, 2.05) is 0 Å². The smallest absolute Gasteiger partial charge is 0.307 e. The minimum Gasteiger partial charge on any atom is -0.481 e. The molecule has 2 radical (unpaired) electrons. The largest absolute Gasteiger partial charge is 0.481 e. The number of hydrogen-bond donors (Lipinski definition) is 4. The molecule has 4 N–H and O–H groups in total. The Bertz CT molecular complexity index is 956. The van der Waals surface area contributed by atoms with Crippen molar-refractivity contribution < 1.29 is 45.7 Å². The second-order valence-electron chi connectivity index (χ2n) is 5.38. The molecule has 0 aliphatic rings. The Morgan fingerprint density at radius 2 is 0.862 bits per heavy atom. The summed E-state index contributed by atoms with van der Waals surface area (Å²) in [5.41, 5.74) is 0.954. The Morgan fingerprint density at radius 1 is 0.621 bits per heavy atom. The van der Waals surface area contributed by atoms with E-state index in [2.05, 4.69) is 0 Å². The number of carboxylic acids is 2. The molecule has 29 heavy (non-hydrogen) atoms. The number of carboxylic acid groups (broad SMARTS) is 2. The predicted octanol–water partition coefficient (Wildman–Crippen LogP) is 0.740. The monoisotopic (exact) mass is 570 g/mol. The third kappa shape index (κ3) is 10.9. The zero-order chi connectivity index (χ0) is 21.5. The quantitative estimate of drug-likeness (QED) is 0.286. The van der Waals surface area contributed by atoms with E-state index >= 15 is 0 Å². The van der Waals surface area contributed by atoms with Gasteiger partial charge >= 0.3 is 11.9 Å². The van der Waals surface area contributed by atoms with Crippen molar-refractivity contribution in [1.82, 2.24) is 0 Å². The van der Waals surface area contributed by atoms with E-state index in [0.717, 1.165) is 24.3 Å². The van der Waals surface area contributed by atoms with Crippen LogP contribution in [-0.4, -0.2) is 97.0 Å². The van der Waals surface area contributed by atoms with Gasteiger partial charge in [-0.1, -0.05) is 24.3 Å². The number of hydrogen-bond acceptors (Lipinski definition) is 6. The van der Waals surface area contributed by atoms with E-state index in [0.29, 0.717) is 11.1 Å². The molecule has 0 bridgehead atoms. The first kappa shape index (κ1) is 27.8. The fourth-order valence-corrected chi connectivity index (χ4v) is 2.87. The molecule has 0 saturated heterocycles. The van der Waals surface area contributed by atoms with Gasteiger partial charge in [0, 0.05) is 48.9 Å². The van der Waals surface area contributed by atoms with Gasteiger partial charge in [0.25, 0.3) is 20.2 Å². The summed E-state index contributed by atoms with van der Waals surface area (Å²) < 4.78 is 59.7. The van der Waals surface area contributed by atoms with Crippen LogP contribution in [0.4, 0.5) is 0 Å². The van der Waals surface area contributed by atoms with E-state index < -0.39 is 32.2 Å². The van der Waals surface area contributed by atoms with Crippen molar-refractivity contribution in [2.75, 3.05) is 0 Å². The number of carbonyl (C=O) groups is 2. The molecular formula is C16H16BaO10S2. The van der Waals surface area contributed by atoms with Crippen LogP contribution >= 0.6 is 0 Å². The minimum atomic E-state index is -4.20. The van der Waals surface area contributed by atoms with Crippen LogP contribution in [0.5, 0.6) is 0 Å². The van der Waals surface area contributed by atoms with Gasteiger partial charge in [0.1, 0.15) is 0 Å². The van der Waals surface area contributed by atoms with Crippen LogP contribution in [0.25, 0.3) is 0 Å². The fourth-order valence-electron chi connectivity index (χ4n) is 1.91. The normalized spacial score (nSPS) is 10.8. The Hall–Kier alpha value is -1.23. The maximum absolute atomic E-state index is 10.6. The van der Waals surface area contributed by atoms with Crippen LogP contribution in [0.3, 0.4) is 0 Å². The van der Waals surface area contributed by atoms with Crippen LogP contribution < -0.4 is 0 Å². The van der Waals surface area contributed by atoms with Crippen LogP contribution in [-0.2, 0) is 42.7 Å². The molecular weight excluding hydrogens is 554 g/mol. The molecule has 2 rings (SSSR count). The second-order valence-corrected chi connectivity index (χ2v) is 8.22.